The van der Waals surface area contributed by atoms with Gasteiger partial charge in [-0.25, -0.2) is 19.9 Å². The van der Waals surface area contributed by atoms with Crippen LogP contribution < -0.4 is 5.46 Å². The number of para-hydroxylation sites is 6. The Hall–Kier alpha value is -14.2. The molecule has 14 heteroatoms. The molecule has 0 radical (unpaired) electrons. The Balaban J connectivity index is 0.000000114. The number of thiophene rings is 2. The smallest absolute Gasteiger partial charge is 0.399 e. The van der Waals surface area contributed by atoms with Crippen LogP contribution in [0.25, 0.3) is 207 Å². The van der Waals surface area contributed by atoms with Crippen molar-refractivity contribution in [3.63, 3.8) is 0 Å². The monoisotopic (exact) mass is 1690 g/mol. The van der Waals surface area contributed by atoms with Crippen molar-refractivity contribution in [2.75, 3.05) is 0 Å². The van der Waals surface area contributed by atoms with Crippen molar-refractivity contribution in [3.8, 4) is 79.2 Å². The molecular formula is C110H76BBrN8O2S2. The highest BCUT2D eigenvalue weighted by molar-refractivity contribution is 9.10. The van der Waals surface area contributed by atoms with Crippen LogP contribution in [0.1, 0.15) is 27.7 Å². The van der Waals surface area contributed by atoms with E-state index in [4.69, 9.17) is 29.2 Å². The zero-order chi connectivity index (χ0) is 82.9. The number of rotatable bonds is 10. The second-order valence-electron chi connectivity index (χ2n) is 32.7. The molecule has 124 heavy (non-hydrogen) atoms. The molecule has 1 aliphatic rings. The van der Waals surface area contributed by atoms with E-state index >= 15 is 0 Å². The van der Waals surface area contributed by atoms with Crippen molar-refractivity contribution in [3.05, 3.63) is 393 Å². The summed E-state index contributed by atoms with van der Waals surface area (Å²) in [7, 11) is -0.427. The second kappa shape index (κ2) is 30.1. The van der Waals surface area contributed by atoms with Crippen LogP contribution in [0.15, 0.2) is 393 Å². The number of aromatic nitrogens is 8. The first-order valence-electron chi connectivity index (χ1n) is 41.9. The molecule has 1 saturated heterocycles. The third-order valence-electron chi connectivity index (χ3n) is 24.8. The zero-order valence-corrected chi connectivity index (χ0v) is 71.3. The molecule has 1 fully saturated rings. The van der Waals surface area contributed by atoms with Crippen LogP contribution in [0.3, 0.4) is 0 Å². The highest BCUT2D eigenvalue weighted by Gasteiger charge is 2.52. The summed E-state index contributed by atoms with van der Waals surface area (Å²) >= 11 is 7.34. The highest BCUT2D eigenvalue weighted by atomic mass is 79.9. The molecule has 0 N–H and O–H groups in total. The van der Waals surface area contributed by atoms with Gasteiger partial charge >= 0.3 is 7.12 Å². The van der Waals surface area contributed by atoms with Gasteiger partial charge in [-0.05, 0) is 166 Å². The van der Waals surface area contributed by atoms with E-state index in [1.807, 2.05) is 18.2 Å². The normalized spacial score (nSPS) is 13.2. The molecule has 1 aliphatic heterocycles. The van der Waals surface area contributed by atoms with Gasteiger partial charge in [0.15, 0.2) is 11.6 Å². The van der Waals surface area contributed by atoms with Gasteiger partial charge in [-0.3, -0.25) is 0 Å². The van der Waals surface area contributed by atoms with Crippen LogP contribution >= 0.6 is 38.6 Å². The van der Waals surface area contributed by atoms with Crippen LogP contribution in [0.4, 0.5) is 0 Å². The largest absolute Gasteiger partial charge is 0.494 e. The average molecular weight is 1700 g/mol. The standard InChI is InChI=1S/C52H32N4S.C30H19BrN2.C28H25BN2O2S/c1-3-15-33(16-4-1)49-51-50(41-23-9-12-28-47(41)57-51)54-52(53-49)35-18-13-17-34(31-35)38-24-14-27-46-48(38)42-32-37(29-30-45(42)55(46)36-19-5-2-6-20-36)56-43-25-10-7-21-39(43)40-22-8-11-26-44(40)56;31-25-13-8-16-29-30(25)24-19-21(17-18-28(24)32(29)20-9-2-1-3-10-20)33-26-14-6-4-11-22(26)23-12-5-7-15-27(23)33;1-27(2)28(3,4)33-29(32-27)20-14-10-13-19(17-20)26-30-23(18-11-6-5-7-12-18)25-24(31-26)21-15-8-9-16-22(21)34-25/h1-32H;1-19H;5-17H,1-4H3. The maximum atomic E-state index is 6.29. The van der Waals surface area contributed by atoms with Gasteiger partial charge in [0.05, 0.1) is 87.2 Å². The van der Waals surface area contributed by atoms with Gasteiger partial charge in [-0.2, -0.15) is 0 Å². The summed E-state index contributed by atoms with van der Waals surface area (Å²) in [5, 5.41) is 12.3. The Morgan fingerprint density at radius 3 is 1.10 bits per heavy atom. The lowest BCUT2D eigenvalue weighted by molar-refractivity contribution is 0.00578. The lowest BCUT2D eigenvalue weighted by Gasteiger charge is -2.32. The van der Waals surface area contributed by atoms with E-state index in [0.29, 0.717) is 5.82 Å². The molecule has 0 unspecified atom stereocenters. The lowest BCUT2D eigenvalue weighted by atomic mass is 9.78. The quantitative estimate of drug-likeness (QED) is 0.127. The maximum absolute atomic E-state index is 6.29. The number of hydrogen-bond donors (Lipinski definition) is 0. The van der Waals surface area contributed by atoms with E-state index in [1.54, 1.807) is 22.7 Å². The van der Waals surface area contributed by atoms with Crippen molar-refractivity contribution in [2.24, 2.45) is 0 Å². The fraction of sp³-hybridized carbons (Fsp3) is 0.0545. The molecule has 0 amide bonds. The Bertz CT molecular complexity index is 8240. The average Bonchev–Trinajstić information content (AvgIpc) is 1.56. The van der Waals surface area contributed by atoms with Gasteiger partial charge in [-0.15, -0.1) is 22.7 Å². The first kappa shape index (κ1) is 74.8. The highest BCUT2D eigenvalue weighted by Crippen LogP contribution is 2.47. The summed E-state index contributed by atoms with van der Waals surface area (Å²) in [6, 6.07) is 138. The van der Waals surface area contributed by atoms with Crippen LogP contribution in [-0.2, 0) is 9.31 Å². The van der Waals surface area contributed by atoms with Crippen molar-refractivity contribution < 1.29 is 9.31 Å². The molecule has 25 rings (SSSR count). The van der Waals surface area contributed by atoms with Crippen LogP contribution in [0.2, 0.25) is 0 Å². The van der Waals surface area contributed by atoms with Gasteiger partial charge in [0.1, 0.15) is 0 Å². The Morgan fingerprint density at radius 2 is 0.621 bits per heavy atom. The predicted molar refractivity (Wildman–Crippen MR) is 524 cm³/mol. The van der Waals surface area contributed by atoms with Crippen LogP contribution in [-0.4, -0.2) is 56.5 Å². The van der Waals surface area contributed by atoms with Gasteiger partial charge in [0.25, 0.3) is 0 Å². The van der Waals surface area contributed by atoms with E-state index in [-0.39, 0.29) is 11.2 Å². The number of hydrogen-bond acceptors (Lipinski definition) is 8. The van der Waals surface area contributed by atoms with Crippen LogP contribution in [0, 0.1) is 0 Å². The first-order chi connectivity index (χ1) is 60.9. The number of nitrogens with zero attached hydrogens (tertiary/aromatic N) is 8. The lowest BCUT2D eigenvalue weighted by Crippen LogP contribution is -2.41. The minimum Gasteiger partial charge on any atom is -0.399 e. The molecule has 0 atom stereocenters. The van der Waals surface area contributed by atoms with Crippen molar-refractivity contribution in [1.82, 2.24) is 38.2 Å². The molecule has 0 saturated carbocycles. The summed E-state index contributed by atoms with van der Waals surface area (Å²) < 4.78 is 27.9. The topological polar surface area (TPSA) is 89.7 Å². The molecule has 0 aliphatic carbocycles. The van der Waals surface area contributed by atoms with Crippen molar-refractivity contribution in [2.45, 2.75) is 38.9 Å². The zero-order valence-electron chi connectivity index (χ0n) is 68.1. The number of benzene rings is 16. The summed E-state index contributed by atoms with van der Waals surface area (Å²) in [6.45, 7) is 8.28. The SMILES string of the molecule is Brc1cccc2c1c1cc(-n3c4ccccc4c4ccccc43)ccc1n2-c1ccccc1.CC1(C)OB(c2cccc(-c3nc(-c4ccccc4)c4sc5ccccc5c4n3)c2)OC1(C)C.c1ccc(-c2nc(-c3cccc(-c4cccc5c4c4cc(-n6c7ccccc7c7ccccc76)ccc4n5-c4ccccc4)c3)nc3c2sc2ccccc23)cc1. The Labute approximate surface area is 731 Å². The van der Waals surface area contributed by atoms with Crippen LogP contribution in [0.5, 0.6) is 0 Å². The molecular weight excluding hydrogens is 1620 g/mol. The van der Waals surface area contributed by atoms with E-state index in [1.165, 1.54) is 103 Å². The van der Waals surface area contributed by atoms with E-state index in [2.05, 4.69) is 432 Å². The van der Waals surface area contributed by atoms with Crippen molar-refractivity contribution >= 4 is 179 Å². The predicted octanol–water partition coefficient (Wildman–Crippen LogP) is 29.2. The summed E-state index contributed by atoms with van der Waals surface area (Å²) in [4.78, 5) is 20.7. The Morgan fingerprint density at radius 1 is 0.274 bits per heavy atom. The third-order valence-corrected chi connectivity index (χ3v) is 27.8. The number of fused-ring (bicyclic) bond motifs is 18. The maximum Gasteiger partial charge on any atom is 0.494 e. The fourth-order valence-corrected chi connectivity index (χ4v) is 21.2. The fourth-order valence-electron chi connectivity index (χ4n) is 18.4. The van der Waals surface area contributed by atoms with E-state index < -0.39 is 7.12 Å². The summed E-state index contributed by atoms with van der Waals surface area (Å²) in [5.74, 6) is 1.42. The molecule has 24 aromatic rings. The van der Waals surface area contributed by atoms with Gasteiger partial charge in [0.2, 0.25) is 0 Å². The molecule has 0 spiro atoms. The summed E-state index contributed by atoms with van der Waals surface area (Å²) in [5.41, 5.74) is 24.7. The van der Waals surface area contributed by atoms with E-state index in [9.17, 15) is 0 Å². The minimum atomic E-state index is -0.427. The molecule has 16 aromatic carbocycles. The van der Waals surface area contributed by atoms with Crippen molar-refractivity contribution in [1.29, 1.82) is 0 Å². The first-order valence-corrected chi connectivity index (χ1v) is 44.3. The Kier molecular flexibility index (Phi) is 18.2. The molecule has 9 heterocycles. The molecule has 10 nitrogen and oxygen atoms in total. The minimum absolute atomic E-state index is 0.390. The van der Waals surface area contributed by atoms with E-state index in [0.717, 1.165) is 109 Å². The van der Waals surface area contributed by atoms with Gasteiger partial charge in [-0.1, -0.05) is 283 Å². The number of halogens is 1. The summed E-state index contributed by atoms with van der Waals surface area (Å²) in [6.07, 6.45) is 0. The molecule has 0 bridgehead atoms. The third kappa shape index (κ3) is 12.6. The van der Waals surface area contributed by atoms with Gasteiger partial charge < -0.3 is 27.6 Å². The molecule has 8 aromatic heterocycles. The molecule has 590 valence electrons. The second-order valence-corrected chi connectivity index (χ2v) is 35.6. The van der Waals surface area contributed by atoms with Gasteiger partial charge in [0, 0.05) is 113 Å².